The molecule has 0 unspecified atom stereocenters. The Hall–Kier alpha value is -6.26. The zero-order valence-electron chi connectivity index (χ0n) is 25.7. The second-order valence-electron chi connectivity index (χ2n) is 9.65. The molecule has 0 radical (unpaired) electrons. The van der Waals surface area contributed by atoms with Gasteiger partial charge in [0.25, 0.3) is 0 Å². The van der Waals surface area contributed by atoms with Crippen molar-refractivity contribution in [3.8, 4) is 58.1 Å². The van der Waals surface area contributed by atoms with Crippen molar-refractivity contribution in [3.05, 3.63) is 107 Å². The first kappa shape index (κ1) is 31.2. The highest BCUT2D eigenvalue weighted by atomic mass is 16.7. The molecule has 10 nitrogen and oxygen atoms in total. The van der Waals surface area contributed by atoms with Crippen LogP contribution in [0.25, 0.3) is 11.1 Å². The molecule has 4 aromatic carbocycles. The molecule has 2 aliphatic heterocycles. The largest absolute Gasteiger partial charge is 0.493 e. The van der Waals surface area contributed by atoms with Gasteiger partial charge in [0.15, 0.2) is 46.0 Å². The molecule has 6 rings (SSSR count). The highest BCUT2D eigenvalue weighted by Gasteiger charge is 2.18. The molecular weight excluding hydrogens is 588 g/mol. The summed E-state index contributed by atoms with van der Waals surface area (Å²) < 4.78 is 42.6. The molecule has 2 aliphatic rings. The van der Waals surface area contributed by atoms with E-state index in [1.165, 1.54) is 12.2 Å². The van der Waals surface area contributed by atoms with E-state index in [0.717, 1.165) is 33.4 Å². The number of benzene rings is 4. The lowest BCUT2D eigenvalue weighted by molar-refractivity contribution is 0.173. The predicted molar refractivity (Wildman–Crippen MR) is 170 cm³/mol. The molecule has 0 amide bonds. The van der Waals surface area contributed by atoms with Crippen LogP contribution in [0.4, 0.5) is 0 Å². The van der Waals surface area contributed by atoms with Gasteiger partial charge in [-0.25, -0.2) is 0 Å². The van der Waals surface area contributed by atoms with Crippen molar-refractivity contribution in [1.82, 2.24) is 0 Å². The van der Waals surface area contributed by atoms with Crippen molar-refractivity contribution < 1.29 is 37.9 Å². The predicted octanol–water partition coefficient (Wildman–Crippen LogP) is 6.78. The van der Waals surface area contributed by atoms with Crippen LogP contribution < -0.4 is 37.9 Å². The van der Waals surface area contributed by atoms with Gasteiger partial charge in [-0.1, -0.05) is 24.3 Å². The lowest BCUT2D eigenvalue weighted by Gasteiger charge is -2.12. The van der Waals surface area contributed by atoms with Crippen molar-refractivity contribution in [2.45, 2.75) is 0 Å². The van der Waals surface area contributed by atoms with Crippen LogP contribution in [0.1, 0.15) is 22.3 Å². The van der Waals surface area contributed by atoms with Gasteiger partial charge in [-0.15, -0.1) is 0 Å². The Kier molecular flexibility index (Phi) is 9.81. The number of nitriles is 2. The second-order valence-corrected chi connectivity index (χ2v) is 9.65. The van der Waals surface area contributed by atoms with Crippen molar-refractivity contribution >= 4 is 11.1 Å². The Morgan fingerprint density at radius 3 is 1.22 bits per heavy atom. The Balaban J connectivity index is 0.000000181. The van der Waals surface area contributed by atoms with E-state index in [4.69, 9.17) is 48.4 Å². The third kappa shape index (κ3) is 6.62. The molecule has 0 bridgehead atoms. The van der Waals surface area contributed by atoms with Crippen LogP contribution in [0.3, 0.4) is 0 Å². The highest BCUT2D eigenvalue weighted by molar-refractivity contribution is 5.84. The molecule has 0 saturated heterocycles. The van der Waals surface area contributed by atoms with E-state index in [9.17, 15) is 0 Å². The summed E-state index contributed by atoms with van der Waals surface area (Å²) in [5.41, 5.74) is 4.97. The number of rotatable bonds is 8. The number of methoxy groups -OCH3 is 4. The van der Waals surface area contributed by atoms with Crippen molar-refractivity contribution in [3.63, 3.8) is 0 Å². The van der Waals surface area contributed by atoms with Crippen LogP contribution in [0, 0.1) is 22.7 Å². The number of hydrogen-bond donors (Lipinski definition) is 0. The highest BCUT2D eigenvalue weighted by Crippen LogP contribution is 2.39. The van der Waals surface area contributed by atoms with E-state index >= 15 is 0 Å². The summed E-state index contributed by atoms with van der Waals surface area (Å²) in [6.07, 6.45) is 3.00. The number of allylic oxidation sites excluding steroid dienone is 2. The van der Waals surface area contributed by atoms with Gasteiger partial charge >= 0.3 is 0 Å². The number of fused-ring (bicyclic) bond motifs is 2. The van der Waals surface area contributed by atoms with Gasteiger partial charge in [-0.3, -0.25) is 0 Å². The molecule has 4 aromatic rings. The van der Waals surface area contributed by atoms with Gasteiger partial charge in [-0.05, 0) is 81.9 Å². The molecule has 0 saturated carbocycles. The summed E-state index contributed by atoms with van der Waals surface area (Å²) >= 11 is 0. The molecule has 0 N–H and O–H groups in total. The summed E-state index contributed by atoms with van der Waals surface area (Å²) in [5.74, 6) is 5.24. The quantitative estimate of drug-likeness (QED) is 0.195. The number of ether oxygens (including phenoxy) is 8. The van der Waals surface area contributed by atoms with Crippen LogP contribution in [0.15, 0.2) is 84.9 Å². The van der Waals surface area contributed by atoms with Crippen LogP contribution in [-0.2, 0) is 0 Å². The fourth-order valence-electron chi connectivity index (χ4n) is 4.93. The van der Waals surface area contributed by atoms with Crippen molar-refractivity contribution in [2.75, 3.05) is 42.0 Å². The average Bonchev–Trinajstić information content (AvgIpc) is 3.78. The van der Waals surface area contributed by atoms with Crippen molar-refractivity contribution in [1.29, 1.82) is 10.5 Å². The SMILES string of the molecule is COc1ccc(/C(=C/C#N)c2ccc3c(c2)OCO3)cc1OC.COc1ccc(/C(=C/C#N)c2ccc3c(c2)OCO3)cc1OC. The molecule has 0 aromatic heterocycles. The molecule has 0 spiro atoms. The Morgan fingerprint density at radius 2 is 0.848 bits per heavy atom. The van der Waals surface area contributed by atoms with Crippen molar-refractivity contribution in [2.24, 2.45) is 0 Å². The summed E-state index contributed by atoms with van der Waals surface area (Å²) in [6, 6.07) is 26.4. The van der Waals surface area contributed by atoms with E-state index in [1.54, 1.807) is 28.4 Å². The fourth-order valence-corrected chi connectivity index (χ4v) is 4.93. The van der Waals surface area contributed by atoms with E-state index in [2.05, 4.69) is 12.1 Å². The minimum atomic E-state index is 0.215. The summed E-state index contributed by atoms with van der Waals surface area (Å²) in [4.78, 5) is 0. The minimum absolute atomic E-state index is 0.215. The first-order valence-electron chi connectivity index (χ1n) is 14.0. The molecule has 0 atom stereocenters. The van der Waals surface area contributed by atoms with E-state index in [-0.39, 0.29) is 13.6 Å². The smallest absolute Gasteiger partial charge is 0.231 e. The average molecular weight is 619 g/mol. The molecule has 232 valence electrons. The van der Waals surface area contributed by atoms with Gasteiger partial charge in [0.2, 0.25) is 13.6 Å². The third-order valence-corrected chi connectivity index (χ3v) is 7.17. The molecule has 0 fully saturated rings. The molecule has 2 heterocycles. The maximum atomic E-state index is 9.14. The van der Waals surface area contributed by atoms with E-state index < -0.39 is 0 Å². The Morgan fingerprint density at radius 1 is 0.500 bits per heavy atom. The van der Waals surface area contributed by atoms with Crippen LogP contribution in [-0.4, -0.2) is 42.0 Å². The second kappa shape index (κ2) is 14.5. The maximum absolute atomic E-state index is 9.14. The summed E-state index contributed by atoms with van der Waals surface area (Å²) in [5, 5.41) is 18.3. The van der Waals surface area contributed by atoms with Crippen LogP contribution >= 0.6 is 0 Å². The summed E-state index contributed by atoms with van der Waals surface area (Å²) in [7, 11) is 6.33. The van der Waals surface area contributed by atoms with Crippen LogP contribution in [0.5, 0.6) is 46.0 Å². The van der Waals surface area contributed by atoms with E-state index in [1.807, 2.05) is 72.8 Å². The monoisotopic (exact) mass is 618 g/mol. The minimum Gasteiger partial charge on any atom is -0.493 e. The molecule has 46 heavy (non-hydrogen) atoms. The zero-order valence-corrected chi connectivity index (χ0v) is 25.7. The first-order chi connectivity index (χ1) is 22.5. The van der Waals surface area contributed by atoms with Gasteiger partial charge in [-0.2, -0.15) is 10.5 Å². The first-order valence-corrected chi connectivity index (χ1v) is 14.0. The molecular formula is C36H30N2O8. The fraction of sp³-hybridized carbons (Fsp3) is 0.167. The lowest BCUT2D eigenvalue weighted by Crippen LogP contribution is -1.94. The standard InChI is InChI=1S/2C18H15NO4/c2*1-20-15-5-3-12(9-17(15)21-2)14(7-8-19)13-4-6-16-18(10-13)23-11-22-16/h2*3-7,9-10H,11H2,1-2H3/b2*14-7-. The van der Waals surface area contributed by atoms with Gasteiger partial charge < -0.3 is 37.9 Å². The van der Waals surface area contributed by atoms with Gasteiger partial charge in [0.1, 0.15) is 0 Å². The molecule has 10 heteroatoms. The third-order valence-electron chi connectivity index (χ3n) is 7.17. The molecule has 0 aliphatic carbocycles. The van der Waals surface area contributed by atoms with Crippen LogP contribution in [0.2, 0.25) is 0 Å². The topological polar surface area (TPSA) is 121 Å². The maximum Gasteiger partial charge on any atom is 0.231 e. The Labute approximate surface area is 266 Å². The zero-order chi connectivity index (χ0) is 32.5. The normalized spacial score (nSPS) is 12.7. The Bertz CT molecular complexity index is 1750. The number of nitrogens with zero attached hydrogens (tertiary/aromatic N) is 2. The summed E-state index contributed by atoms with van der Waals surface area (Å²) in [6.45, 7) is 0.429. The van der Waals surface area contributed by atoms with Gasteiger partial charge in [0.05, 0.1) is 40.6 Å². The van der Waals surface area contributed by atoms with E-state index in [0.29, 0.717) is 46.0 Å². The van der Waals surface area contributed by atoms with Gasteiger partial charge in [0, 0.05) is 12.2 Å². The lowest BCUT2D eigenvalue weighted by atomic mass is 9.97. The number of hydrogen-bond acceptors (Lipinski definition) is 10.